The number of aromatic nitrogens is 2. The van der Waals surface area contributed by atoms with Crippen molar-refractivity contribution >= 4 is 63.7 Å². The number of anilines is 2. The summed E-state index contributed by atoms with van der Waals surface area (Å²) in [5, 5.41) is 14.8. The number of halogens is 4. The molecule has 7 rings (SSSR count). The maximum atomic E-state index is 15.4. The number of nitrogens with one attached hydrogen (secondary N) is 2. The van der Waals surface area contributed by atoms with E-state index in [1.165, 1.54) is 31.0 Å². The minimum absolute atomic E-state index is 0.0944. The molecule has 2 atom stereocenters. The fraction of sp³-hybridized carbons (Fsp3) is 0.360. The molecule has 0 bridgehead atoms. The van der Waals surface area contributed by atoms with Gasteiger partial charge in [0.05, 0.1) is 57.6 Å². The van der Waals surface area contributed by atoms with Gasteiger partial charge in [-0.1, -0.05) is 45.0 Å². The topological polar surface area (TPSA) is 161 Å². The van der Waals surface area contributed by atoms with Crippen molar-refractivity contribution in [2.75, 3.05) is 23.0 Å². The SMILES string of the molecule is Cc1ncsc1-c1ccc(CNC(=O)C2CCCN2C(=O)[C@@H](NC(=O)CCCOc2ccc(-c3ccc(N4C(=S)N(c5ccc(C#N)c(C(F)(F)F)c5F)C(=O)C4(C)C)cn3)cc2)C(C)(C)C)cc1. The third-order valence-corrected chi connectivity index (χ3v) is 13.4. The smallest absolute Gasteiger partial charge is 0.420 e. The van der Waals surface area contributed by atoms with Crippen molar-refractivity contribution < 1.29 is 41.5 Å². The summed E-state index contributed by atoms with van der Waals surface area (Å²) in [6, 6.07) is 19.8. The predicted octanol–water partition coefficient (Wildman–Crippen LogP) is 9.12. The zero-order chi connectivity index (χ0) is 50.0. The molecule has 19 heteroatoms. The van der Waals surface area contributed by atoms with Gasteiger partial charge >= 0.3 is 6.18 Å². The number of carbonyl (C=O) groups excluding carboxylic acids is 4. The Kier molecular flexibility index (Phi) is 14.6. The zero-order valence-electron chi connectivity index (χ0n) is 38.7. The molecule has 69 heavy (non-hydrogen) atoms. The second-order valence-electron chi connectivity index (χ2n) is 18.4. The molecular weight excluding hydrogens is 933 g/mol. The number of hydrogen-bond donors (Lipinski definition) is 2. The molecule has 0 saturated carbocycles. The van der Waals surface area contributed by atoms with Gasteiger partial charge in [-0.2, -0.15) is 18.4 Å². The summed E-state index contributed by atoms with van der Waals surface area (Å²) < 4.78 is 62.7. The number of hydrogen-bond acceptors (Lipinski definition) is 10. The van der Waals surface area contributed by atoms with Crippen molar-refractivity contribution in [2.45, 2.75) is 97.6 Å². The number of carbonyl (C=O) groups is 4. The third-order valence-electron chi connectivity index (χ3n) is 12.1. The van der Waals surface area contributed by atoms with Crippen molar-refractivity contribution in [1.82, 2.24) is 25.5 Å². The summed E-state index contributed by atoms with van der Waals surface area (Å²) in [5.74, 6) is -2.88. The number of alkyl halides is 3. The number of benzene rings is 3. The number of ether oxygens (including phenoxy) is 1. The molecule has 1 unspecified atom stereocenters. The van der Waals surface area contributed by atoms with E-state index in [1.54, 1.807) is 52.6 Å². The summed E-state index contributed by atoms with van der Waals surface area (Å²) in [4.78, 5) is 67.9. The zero-order valence-corrected chi connectivity index (χ0v) is 40.4. The number of aryl methyl sites for hydroxylation is 1. The van der Waals surface area contributed by atoms with Crippen molar-refractivity contribution in [2.24, 2.45) is 5.41 Å². The molecule has 2 aliphatic heterocycles. The molecule has 0 aliphatic carbocycles. The highest BCUT2D eigenvalue weighted by Gasteiger charge is 2.52. The van der Waals surface area contributed by atoms with Crippen LogP contribution >= 0.6 is 23.6 Å². The number of rotatable bonds is 14. The normalized spacial score (nSPS) is 16.4. The fourth-order valence-electron chi connectivity index (χ4n) is 8.39. The van der Waals surface area contributed by atoms with Crippen LogP contribution in [0, 0.1) is 29.5 Å². The van der Waals surface area contributed by atoms with Crippen LogP contribution < -0.4 is 25.2 Å². The highest BCUT2D eigenvalue weighted by molar-refractivity contribution is 7.81. The van der Waals surface area contributed by atoms with Crippen LogP contribution in [-0.4, -0.2) is 74.4 Å². The molecule has 360 valence electrons. The van der Waals surface area contributed by atoms with E-state index in [0.29, 0.717) is 59.9 Å². The number of thiocarbonyl (C=S) groups is 1. The van der Waals surface area contributed by atoms with Crippen LogP contribution in [0.3, 0.4) is 0 Å². The van der Waals surface area contributed by atoms with E-state index in [4.69, 9.17) is 17.0 Å². The quantitative estimate of drug-likeness (QED) is 0.0624. The molecule has 2 aliphatic rings. The Labute approximate surface area is 406 Å². The lowest BCUT2D eigenvalue weighted by molar-refractivity contribution is -0.144. The van der Waals surface area contributed by atoms with Crippen LogP contribution in [-0.2, 0) is 31.9 Å². The number of pyridine rings is 1. The molecular formula is C50H50F4N8O5S2. The Morgan fingerprint density at radius 2 is 1.70 bits per heavy atom. The molecule has 2 fully saturated rings. The van der Waals surface area contributed by atoms with Gasteiger partial charge in [-0.15, -0.1) is 11.3 Å². The standard InChI is InChI=1S/C50H50F4N8O5S2/c1-29-42(69-28-58-29)32-13-11-30(12-14-32)26-57-44(64)38-9-7-23-60(38)45(65)43(48(2,3)4)59-39(63)10-8-24-67-35-19-15-31(16-20-35)36-21-18-34(27-56-36)62-47(68)61(46(66)49(62,5)6)37-22-17-33(25-55)40(41(37)51)50(52,53)54/h11-22,27-28,38,43H,7-10,23-24,26H2,1-6H3,(H,57,64)(H,59,63)/t38?,43-/m1/s1. The van der Waals surface area contributed by atoms with Gasteiger partial charge in [-0.3, -0.25) is 29.1 Å². The number of thiazole rings is 1. The Bertz CT molecular complexity index is 2800. The van der Waals surface area contributed by atoms with Gasteiger partial charge in [-0.05, 0) is 117 Å². The molecule has 2 N–H and O–H groups in total. The van der Waals surface area contributed by atoms with E-state index in [1.807, 2.05) is 57.5 Å². The maximum Gasteiger partial charge on any atom is 0.420 e. The maximum absolute atomic E-state index is 15.4. The number of nitriles is 1. The molecule has 2 aromatic heterocycles. The molecule has 4 amide bonds. The van der Waals surface area contributed by atoms with E-state index >= 15 is 4.39 Å². The minimum Gasteiger partial charge on any atom is -0.494 e. The first-order valence-electron chi connectivity index (χ1n) is 22.2. The number of nitrogens with zero attached hydrogens (tertiary/aromatic N) is 6. The van der Waals surface area contributed by atoms with Crippen LogP contribution in [0.4, 0.5) is 28.9 Å². The molecule has 4 heterocycles. The van der Waals surface area contributed by atoms with Crippen molar-refractivity contribution in [3.8, 4) is 33.5 Å². The fourth-order valence-corrected chi connectivity index (χ4v) is 9.72. The van der Waals surface area contributed by atoms with E-state index < -0.39 is 57.8 Å². The molecule has 5 aromatic rings. The van der Waals surface area contributed by atoms with Crippen molar-refractivity contribution in [1.29, 1.82) is 5.26 Å². The Morgan fingerprint density at radius 3 is 2.30 bits per heavy atom. The van der Waals surface area contributed by atoms with Crippen LogP contribution in [0.2, 0.25) is 0 Å². The van der Waals surface area contributed by atoms with Gasteiger partial charge in [0.1, 0.15) is 28.9 Å². The van der Waals surface area contributed by atoms with E-state index in [2.05, 4.69) is 20.6 Å². The lowest BCUT2D eigenvalue weighted by Gasteiger charge is -2.35. The highest BCUT2D eigenvalue weighted by Crippen LogP contribution is 2.42. The summed E-state index contributed by atoms with van der Waals surface area (Å²) in [5.41, 5.74) is 0.824. The Hall–Kier alpha value is -6.78. The van der Waals surface area contributed by atoms with Crippen LogP contribution in [0.15, 0.2) is 84.5 Å². The third kappa shape index (κ3) is 10.6. The summed E-state index contributed by atoms with van der Waals surface area (Å²) >= 11 is 7.12. The summed E-state index contributed by atoms with van der Waals surface area (Å²) in [6.07, 6.45) is -2.11. The monoisotopic (exact) mass is 982 g/mol. The number of likely N-dealkylation sites (tertiary alicyclic amines) is 1. The first-order valence-corrected chi connectivity index (χ1v) is 23.5. The van der Waals surface area contributed by atoms with Gasteiger partial charge in [0.15, 0.2) is 10.9 Å². The second-order valence-corrected chi connectivity index (χ2v) is 19.6. The van der Waals surface area contributed by atoms with Crippen LogP contribution in [0.1, 0.15) is 82.7 Å². The van der Waals surface area contributed by atoms with Gasteiger partial charge in [0.25, 0.3) is 5.91 Å². The van der Waals surface area contributed by atoms with Crippen molar-refractivity contribution in [3.63, 3.8) is 0 Å². The largest absolute Gasteiger partial charge is 0.494 e. The second kappa shape index (κ2) is 20.1. The Morgan fingerprint density at radius 1 is 1.00 bits per heavy atom. The average molecular weight is 983 g/mol. The van der Waals surface area contributed by atoms with E-state index in [0.717, 1.165) is 33.8 Å². The van der Waals surface area contributed by atoms with Gasteiger partial charge in [0.2, 0.25) is 17.7 Å². The van der Waals surface area contributed by atoms with Gasteiger partial charge < -0.3 is 25.2 Å². The van der Waals surface area contributed by atoms with Crippen LogP contribution in [0.25, 0.3) is 21.7 Å². The van der Waals surface area contributed by atoms with Gasteiger partial charge in [0, 0.05) is 25.1 Å². The van der Waals surface area contributed by atoms with E-state index in [9.17, 15) is 37.6 Å². The molecule has 3 aromatic carbocycles. The lowest BCUT2D eigenvalue weighted by Crippen LogP contribution is -2.57. The highest BCUT2D eigenvalue weighted by atomic mass is 32.1. The summed E-state index contributed by atoms with van der Waals surface area (Å²) in [6.45, 7) is 11.5. The van der Waals surface area contributed by atoms with Gasteiger partial charge in [-0.25, -0.2) is 9.37 Å². The lowest BCUT2D eigenvalue weighted by atomic mass is 9.85. The summed E-state index contributed by atoms with van der Waals surface area (Å²) in [7, 11) is 0. The Balaban J connectivity index is 0.901. The predicted molar refractivity (Wildman–Crippen MR) is 257 cm³/mol. The minimum atomic E-state index is -5.20. The first kappa shape index (κ1) is 50.1. The average Bonchev–Trinajstić information content (AvgIpc) is 4.02. The molecule has 13 nitrogen and oxygen atoms in total. The number of amides is 4. The van der Waals surface area contributed by atoms with Crippen molar-refractivity contribution in [3.05, 3.63) is 113 Å². The molecule has 0 spiro atoms. The first-order chi connectivity index (χ1) is 32.6. The molecule has 0 radical (unpaired) electrons. The molecule has 2 saturated heterocycles. The van der Waals surface area contributed by atoms with E-state index in [-0.39, 0.29) is 35.9 Å². The van der Waals surface area contributed by atoms with Crippen LogP contribution in [0.5, 0.6) is 5.75 Å².